The van der Waals surface area contributed by atoms with Crippen LogP contribution in [0.15, 0.2) is 66.7 Å². The Morgan fingerprint density at radius 1 is 0.929 bits per heavy atom. The highest BCUT2D eigenvalue weighted by atomic mass is 16.5. The largest absolute Gasteiger partial charge is 0.462 e. The van der Waals surface area contributed by atoms with Crippen LogP contribution in [0.2, 0.25) is 0 Å². The lowest BCUT2D eigenvalue weighted by molar-refractivity contribution is 0.0527. The van der Waals surface area contributed by atoms with Gasteiger partial charge in [0.1, 0.15) is 0 Å². The molecule has 0 unspecified atom stereocenters. The van der Waals surface area contributed by atoms with Gasteiger partial charge in [0.25, 0.3) is 0 Å². The van der Waals surface area contributed by atoms with Gasteiger partial charge >= 0.3 is 5.97 Å². The standard InChI is InChI=1S/C23H20N2O3/c1-3-28-23(27)17-10-7-11-19-21(17)24-18-13-12-16(14-20(18)25(19)2)22(26)15-8-5-4-6-9-15/h4-14,24H,3H2,1-2H3. The zero-order chi connectivity index (χ0) is 19.7. The smallest absolute Gasteiger partial charge is 0.340 e. The second-order valence-electron chi connectivity index (χ2n) is 6.53. The second kappa shape index (κ2) is 7.19. The van der Waals surface area contributed by atoms with E-state index in [0.29, 0.717) is 29.0 Å². The molecule has 5 heteroatoms. The number of carbonyl (C=O) groups is 2. The van der Waals surface area contributed by atoms with Crippen molar-refractivity contribution in [2.75, 3.05) is 23.9 Å². The summed E-state index contributed by atoms with van der Waals surface area (Å²) in [5.74, 6) is -0.387. The van der Waals surface area contributed by atoms with Gasteiger partial charge in [-0.2, -0.15) is 0 Å². The van der Waals surface area contributed by atoms with E-state index in [1.807, 2.05) is 66.5 Å². The molecule has 1 aliphatic heterocycles. The van der Waals surface area contributed by atoms with Crippen molar-refractivity contribution in [1.29, 1.82) is 0 Å². The van der Waals surface area contributed by atoms with Crippen molar-refractivity contribution in [3.63, 3.8) is 0 Å². The fraction of sp³-hybridized carbons (Fsp3) is 0.130. The van der Waals surface area contributed by atoms with Gasteiger partial charge < -0.3 is 15.0 Å². The van der Waals surface area contributed by atoms with E-state index in [1.165, 1.54) is 0 Å². The maximum Gasteiger partial charge on any atom is 0.340 e. The van der Waals surface area contributed by atoms with E-state index < -0.39 is 0 Å². The third kappa shape index (κ3) is 3.01. The molecule has 0 atom stereocenters. The number of nitrogens with zero attached hydrogens (tertiary/aromatic N) is 1. The Bertz CT molecular complexity index is 1060. The molecule has 1 N–H and O–H groups in total. The fourth-order valence-corrected chi connectivity index (χ4v) is 3.41. The van der Waals surface area contributed by atoms with Crippen molar-refractivity contribution in [2.24, 2.45) is 0 Å². The molecule has 0 saturated carbocycles. The Labute approximate surface area is 163 Å². The van der Waals surface area contributed by atoms with Crippen molar-refractivity contribution in [2.45, 2.75) is 6.92 Å². The van der Waals surface area contributed by atoms with E-state index in [-0.39, 0.29) is 11.8 Å². The first kappa shape index (κ1) is 17.8. The Morgan fingerprint density at radius 3 is 2.46 bits per heavy atom. The minimum Gasteiger partial charge on any atom is -0.462 e. The molecular weight excluding hydrogens is 352 g/mol. The molecule has 3 aromatic rings. The van der Waals surface area contributed by atoms with Crippen molar-refractivity contribution in [3.8, 4) is 0 Å². The summed E-state index contributed by atoms with van der Waals surface area (Å²) < 4.78 is 5.17. The van der Waals surface area contributed by atoms with Crippen LogP contribution in [0, 0.1) is 0 Å². The first-order chi connectivity index (χ1) is 13.6. The van der Waals surface area contributed by atoms with Crippen LogP contribution in [0.5, 0.6) is 0 Å². The Kier molecular flexibility index (Phi) is 4.57. The number of rotatable bonds is 4. The van der Waals surface area contributed by atoms with Gasteiger partial charge in [-0.1, -0.05) is 36.4 Å². The second-order valence-corrected chi connectivity index (χ2v) is 6.53. The fourth-order valence-electron chi connectivity index (χ4n) is 3.41. The topological polar surface area (TPSA) is 58.6 Å². The van der Waals surface area contributed by atoms with Crippen LogP contribution >= 0.6 is 0 Å². The molecule has 0 spiro atoms. The molecule has 0 saturated heterocycles. The number of anilines is 4. The molecule has 0 fully saturated rings. The van der Waals surface area contributed by atoms with E-state index in [9.17, 15) is 9.59 Å². The maximum atomic E-state index is 12.8. The van der Waals surface area contributed by atoms with Crippen LogP contribution in [-0.4, -0.2) is 25.4 Å². The zero-order valence-corrected chi connectivity index (χ0v) is 15.7. The average molecular weight is 372 g/mol. The number of benzene rings is 3. The number of para-hydroxylation sites is 1. The van der Waals surface area contributed by atoms with Crippen LogP contribution in [0.4, 0.5) is 22.7 Å². The van der Waals surface area contributed by atoms with Gasteiger partial charge in [0.15, 0.2) is 5.78 Å². The highest BCUT2D eigenvalue weighted by molar-refractivity contribution is 6.11. The van der Waals surface area contributed by atoms with Crippen molar-refractivity contribution in [1.82, 2.24) is 0 Å². The predicted octanol–water partition coefficient (Wildman–Crippen LogP) is 4.92. The number of nitrogens with one attached hydrogen (secondary N) is 1. The van der Waals surface area contributed by atoms with Gasteiger partial charge in [0, 0.05) is 18.2 Å². The van der Waals surface area contributed by atoms with E-state index in [2.05, 4.69) is 5.32 Å². The third-order valence-corrected chi connectivity index (χ3v) is 4.82. The SMILES string of the molecule is CCOC(=O)c1cccc2c1Nc1ccc(C(=O)c3ccccc3)cc1N2C. The number of hydrogen-bond acceptors (Lipinski definition) is 5. The lowest BCUT2D eigenvalue weighted by atomic mass is 10.00. The molecule has 1 heterocycles. The van der Waals surface area contributed by atoms with Gasteiger partial charge in [-0.3, -0.25) is 4.79 Å². The molecule has 0 radical (unpaired) electrons. The normalized spacial score (nSPS) is 11.9. The molecule has 0 bridgehead atoms. The van der Waals surface area contributed by atoms with E-state index in [0.717, 1.165) is 17.1 Å². The molecular formula is C23H20N2O3. The summed E-state index contributed by atoms with van der Waals surface area (Å²) in [7, 11) is 1.92. The number of ether oxygens (including phenoxy) is 1. The summed E-state index contributed by atoms with van der Waals surface area (Å²) in [6.45, 7) is 2.10. The third-order valence-electron chi connectivity index (χ3n) is 4.82. The van der Waals surface area contributed by atoms with Crippen LogP contribution in [0.25, 0.3) is 0 Å². The molecule has 28 heavy (non-hydrogen) atoms. The summed E-state index contributed by atoms with van der Waals surface area (Å²) in [6, 6.07) is 20.3. The summed E-state index contributed by atoms with van der Waals surface area (Å²) in [5, 5.41) is 3.33. The average Bonchev–Trinajstić information content (AvgIpc) is 2.73. The molecule has 140 valence electrons. The molecule has 0 aliphatic carbocycles. The lowest BCUT2D eigenvalue weighted by Gasteiger charge is -2.32. The van der Waals surface area contributed by atoms with Crippen molar-refractivity contribution in [3.05, 3.63) is 83.4 Å². The van der Waals surface area contributed by atoms with Gasteiger partial charge in [-0.05, 0) is 37.3 Å². The van der Waals surface area contributed by atoms with E-state index >= 15 is 0 Å². The van der Waals surface area contributed by atoms with Crippen LogP contribution < -0.4 is 10.2 Å². The van der Waals surface area contributed by atoms with Gasteiger partial charge in [0.05, 0.1) is 34.9 Å². The summed E-state index contributed by atoms with van der Waals surface area (Å²) in [4.78, 5) is 27.1. The first-order valence-corrected chi connectivity index (χ1v) is 9.15. The predicted molar refractivity (Wildman–Crippen MR) is 110 cm³/mol. The quantitative estimate of drug-likeness (QED) is 0.520. The van der Waals surface area contributed by atoms with Gasteiger partial charge in [-0.15, -0.1) is 0 Å². The monoisotopic (exact) mass is 372 g/mol. The summed E-state index contributed by atoms with van der Waals surface area (Å²) >= 11 is 0. The van der Waals surface area contributed by atoms with Crippen LogP contribution in [-0.2, 0) is 4.74 Å². The lowest BCUT2D eigenvalue weighted by Crippen LogP contribution is -2.21. The maximum absolute atomic E-state index is 12.8. The number of carbonyl (C=O) groups excluding carboxylic acids is 2. The summed E-state index contributed by atoms with van der Waals surface area (Å²) in [6.07, 6.45) is 0. The van der Waals surface area contributed by atoms with E-state index in [1.54, 1.807) is 19.1 Å². The molecule has 4 rings (SSSR count). The molecule has 0 amide bonds. The Balaban J connectivity index is 1.73. The molecule has 3 aromatic carbocycles. The van der Waals surface area contributed by atoms with E-state index in [4.69, 9.17) is 4.74 Å². The highest BCUT2D eigenvalue weighted by Crippen LogP contribution is 2.44. The summed E-state index contributed by atoms with van der Waals surface area (Å²) in [5.41, 5.74) is 5.01. The van der Waals surface area contributed by atoms with Crippen LogP contribution in [0.1, 0.15) is 33.2 Å². The molecule has 5 nitrogen and oxygen atoms in total. The van der Waals surface area contributed by atoms with Gasteiger partial charge in [0.2, 0.25) is 0 Å². The van der Waals surface area contributed by atoms with Crippen molar-refractivity contribution < 1.29 is 14.3 Å². The first-order valence-electron chi connectivity index (χ1n) is 9.15. The minimum atomic E-state index is -0.362. The minimum absolute atomic E-state index is 0.0251. The number of hydrogen-bond donors (Lipinski definition) is 1. The molecule has 1 aliphatic rings. The van der Waals surface area contributed by atoms with Crippen LogP contribution in [0.3, 0.4) is 0 Å². The Hall–Kier alpha value is -3.60. The van der Waals surface area contributed by atoms with Gasteiger partial charge in [-0.25, -0.2) is 4.79 Å². The highest BCUT2D eigenvalue weighted by Gasteiger charge is 2.25. The number of fused-ring (bicyclic) bond motifs is 2. The number of ketones is 1. The Morgan fingerprint density at radius 2 is 1.71 bits per heavy atom. The molecule has 0 aromatic heterocycles. The number of esters is 1. The van der Waals surface area contributed by atoms with Crippen molar-refractivity contribution >= 4 is 34.5 Å². The zero-order valence-electron chi connectivity index (χ0n) is 15.7.